The summed E-state index contributed by atoms with van der Waals surface area (Å²) in [5.41, 5.74) is 1.84. The zero-order chi connectivity index (χ0) is 19.3. The molecule has 2 amide bonds. The maximum absolute atomic E-state index is 12.8. The number of nitrogens with one attached hydrogen (secondary N) is 1. The molecule has 1 aliphatic rings. The lowest BCUT2D eigenvalue weighted by molar-refractivity contribution is -0.121. The molecule has 0 radical (unpaired) electrons. The predicted octanol–water partition coefficient (Wildman–Crippen LogP) is 3.48. The minimum absolute atomic E-state index is 0.0242. The summed E-state index contributed by atoms with van der Waals surface area (Å²) < 4.78 is 1.83. The normalized spacial score (nSPS) is 14.8. The molecule has 0 bridgehead atoms. The van der Waals surface area contributed by atoms with Gasteiger partial charge in [0, 0.05) is 37.1 Å². The van der Waals surface area contributed by atoms with Gasteiger partial charge in [0.2, 0.25) is 5.91 Å². The van der Waals surface area contributed by atoms with Crippen LogP contribution in [0.15, 0.2) is 60.2 Å². The molecule has 6 nitrogen and oxygen atoms in total. The zero-order valence-corrected chi connectivity index (χ0v) is 16.3. The van der Waals surface area contributed by atoms with E-state index in [0.717, 1.165) is 16.1 Å². The van der Waals surface area contributed by atoms with Crippen LogP contribution in [0.25, 0.3) is 0 Å². The number of rotatable bonds is 5. The van der Waals surface area contributed by atoms with Gasteiger partial charge in [0.15, 0.2) is 0 Å². The molecule has 0 atom stereocenters. The third-order valence-corrected chi connectivity index (χ3v) is 5.91. The lowest BCUT2D eigenvalue weighted by Gasteiger charge is -2.31. The molecule has 0 unspecified atom stereocenters. The van der Waals surface area contributed by atoms with Crippen molar-refractivity contribution in [2.24, 2.45) is 5.92 Å². The van der Waals surface area contributed by atoms with Gasteiger partial charge in [0.1, 0.15) is 0 Å². The SMILES string of the molecule is O=C(Nc1ccccc1Cn1cccn1)C1CCN(C(=O)c2cccs2)CC1. The number of hydrogen-bond donors (Lipinski definition) is 1. The zero-order valence-electron chi connectivity index (χ0n) is 15.5. The summed E-state index contributed by atoms with van der Waals surface area (Å²) in [6, 6.07) is 13.4. The number of para-hydroxylation sites is 1. The van der Waals surface area contributed by atoms with Crippen molar-refractivity contribution in [3.05, 3.63) is 70.7 Å². The summed E-state index contributed by atoms with van der Waals surface area (Å²) >= 11 is 1.46. The van der Waals surface area contributed by atoms with Crippen molar-refractivity contribution in [2.75, 3.05) is 18.4 Å². The van der Waals surface area contributed by atoms with E-state index in [-0.39, 0.29) is 17.7 Å². The summed E-state index contributed by atoms with van der Waals surface area (Å²) in [5.74, 6) is 0.0136. The number of benzene rings is 1. The number of carbonyl (C=O) groups excluding carboxylic acids is 2. The molecule has 1 fully saturated rings. The van der Waals surface area contributed by atoms with E-state index < -0.39 is 0 Å². The monoisotopic (exact) mass is 394 g/mol. The van der Waals surface area contributed by atoms with Crippen LogP contribution in [0.5, 0.6) is 0 Å². The highest BCUT2D eigenvalue weighted by molar-refractivity contribution is 7.12. The molecule has 3 aromatic rings. The molecule has 0 aliphatic carbocycles. The molecule has 1 aromatic carbocycles. The number of piperidine rings is 1. The van der Waals surface area contributed by atoms with Crippen molar-refractivity contribution in [1.29, 1.82) is 0 Å². The average Bonchev–Trinajstić information content (AvgIpc) is 3.43. The van der Waals surface area contributed by atoms with Crippen LogP contribution in [0.1, 0.15) is 28.1 Å². The first-order valence-electron chi connectivity index (χ1n) is 9.39. The molecule has 28 heavy (non-hydrogen) atoms. The van der Waals surface area contributed by atoms with E-state index in [4.69, 9.17) is 0 Å². The third kappa shape index (κ3) is 4.14. The van der Waals surface area contributed by atoms with Crippen LogP contribution in [0.3, 0.4) is 0 Å². The lowest BCUT2D eigenvalue weighted by Crippen LogP contribution is -2.41. The molecule has 144 valence electrons. The smallest absolute Gasteiger partial charge is 0.263 e. The van der Waals surface area contributed by atoms with Crippen LogP contribution in [0.4, 0.5) is 5.69 Å². The van der Waals surface area contributed by atoms with Crippen LogP contribution in [-0.2, 0) is 11.3 Å². The Bertz CT molecular complexity index is 929. The van der Waals surface area contributed by atoms with Gasteiger partial charge < -0.3 is 10.2 Å². The van der Waals surface area contributed by atoms with Gasteiger partial charge in [-0.05, 0) is 42.0 Å². The van der Waals surface area contributed by atoms with E-state index in [0.29, 0.717) is 32.5 Å². The maximum atomic E-state index is 12.8. The fourth-order valence-electron chi connectivity index (χ4n) is 3.48. The number of thiophene rings is 1. The van der Waals surface area contributed by atoms with E-state index in [9.17, 15) is 9.59 Å². The first-order chi connectivity index (χ1) is 13.7. The topological polar surface area (TPSA) is 67.2 Å². The van der Waals surface area contributed by atoms with Crippen LogP contribution < -0.4 is 5.32 Å². The fourth-order valence-corrected chi connectivity index (χ4v) is 4.18. The first kappa shape index (κ1) is 18.4. The molecular weight excluding hydrogens is 372 g/mol. The van der Waals surface area contributed by atoms with Gasteiger partial charge in [-0.1, -0.05) is 24.3 Å². The Balaban J connectivity index is 1.36. The number of likely N-dealkylation sites (tertiary alicyclic amines) is 1. The number of carbonyl (C=O) groups is 2. The van der Waals surface area contributed by atoms with Crippen molar-refractivity contribution >= 4 is 28.8 Å². The highest BCUT2D eigenvalue weighted by Gasteiger charge is 2.28. The van der Waals surface area contributed by atoms with Gasteiger partial charge in [-0.3, -0.25) is 14.3 Å². The van der Waals surface area contributed by atoms with Crippen LogP contribution >= 0.6 is 11.3 Å². The highest BCUT2D eigenvalue weighted by atomic mass is 32.1. The Labute approximate surface area is 167 Å². The second-order valence-corrected chi connectivity index (χ2v) is 7.84. The second-order valence-electron chi connectivity index (χ2n) is 6.89. The predicted molar refractivity (Wildman–Crippen MR) is 109 cm³/mol. The first-order valence-corrected chi connectivity index (χ1v) is 10.3. The average molecular weight is 395 g/mol. The molecule has 1 aliphatic heterocycles. The largest absolute Gasteiger partial charge is 0.338 e. The van der Waals surface area contributed by atoms with Crippen LogP contribution in [-0.4, -0.2) is 39.6 Å². The summed E-state index contributed by atoms with van der Waals surface area (Å²) in [5, 5.41) is 9.23. The molecule has 7 heteroatoms. The van der Waals surface area contributed by atoms with Crippen LogP contribution in [0.2, 0.25) is 0 Å². The molecular formula is C21H22N4O2S. The van der Waals surface area contributed by atoms with Crippen molar-refractivity contribution in [2.45, 2.75) is 19.4 Å². The Morgan fingerprint density at radius 1 is 1.11 bits per heavy atom. The standard InChI is InChI=1S/C21H22N4O2S/c26-20(16-8-12-24(13-9-16)21(27)19-7-3-14-28-19)23-18-6-2-1-5-17(18)15-25-11-4-10-22-25/h1-7,10-11,14,16H,8-9,12-13,15H2,(H,23,26). The van der Waals surface area contributed by atoms with Gasteiger partial charge in [0.05, 0.1) is 11.4 Å². The van der Waals surface area contributed by atoms with Gasteiger partial charge in [-0.25, -0.2) is 0 Å². The number of hydrogen-bond acceptors (Lipinski definition) is 4. The van der Waals surface area contributed by atoms with Crippen molar-refractivity contribution in [3.63, 3.8) is 0 Å². The Morgan fingerprint density at radius 3 is 2.64 bits per heavy atom. The molecule has 0 saturated carbocycles. The lowest BCUT2D eigenvalue weighted by atomic mass is 9.95. The highest BCUT2D eigenvalue weighted by Crippen LogP contribution is 2.23. The van der Waals surface area contributed by atoms with E-state index >= 15 is 0 Å². The fraction of sp³-hybridized carbons (Fsp3) is 0.286. The Hall–Kier alpha value is -2.93. The minimum atomic E-state index is -0.0786. The summed E-state index contributed by atoms with van der Waals surface area (Å²) in [6.07, 6.45) is 5.01. The maximum Gasteiger partial charge on any atom is 0.263 e. The van der Waals surface area contributed by atoms with E-state index in [1.54, 1.807) is 6.20 Å². The van der Waals surface area contributed by atoms with Gasteiger partial charge >= 0.3 is 0 Å². The van der Waals surface area contributed by atoms with Gasteiger partial charge in [-0.15, -0.1) is 11.3 Å². The van der Waals surface area contributed by atoms with E-state index in [2.05, 4.69) is 10.4 Å². The molecule has 4 rings (SSSR count). The quantitative estimate of drug-likeness (QED) is 0.720. The summed E-state index contributed by atoms with van der Waals surface area (Å²) in [7, 11) is 0. The summed E-state index contributed by atoms with van der Waals surface area (Å²) in [6.45, 7) is 1.84. The summed E-state index contributed by atoms with van der Waals surface area (Å²) in [4.78, 5) is 27.9. The molecule has 1 N–H and O–H groups in total. The van der Waals surface area contributed by atoms with Gasteiger partial charge in [0.25, 0.3) is 5.91 Å². The Morgan fingerprint density at radius 2 is 1.93 bits per heavy atom. The second kappa shape index (κ2) is 8.39. The number of amides is 2. The van der Waals surface area contributed by atoms with Crippen molar-refractivity contribution in [3.8, 4) is 0 Å². The minimum Gasteiger partial charge on any atom is -0.338 e. The molecule has 0 spiro atoms. The number of aromatic nitrogens is 2. The van der Waals surface area contributed by atoms with E-state index in [1.165, 1.54) is 11.3 Å². The van der Waals surface area contributed by atoms with E-state index in [1.807, 2.05) is 63.6 Å². The number of anilines is 1. The van der Waals surface area contributed by atoms with Crippen LogP contribution in [0, 0.1) is 5.92 Å². The molecule has 3 heterocycles. The van der Waals surface area contributed by atoms with Crippen molar-refractivity contribution in [1.82, 2.24) is 14.7 Å². The van der Waals surface area contributed by atoms with Crippen molar-refractivity contribution < 1.29 is 9.59 Å². The molecule has 1 saturated heterocycles. The Kier molecular flexibility index (Phi) is 5.53. The van der Waals surface area contributed by atoms with Gasteiger partial charge in [-0.2, -0.15) is 5.10 Å². The molecule has 2 aromatic heterocycles. The number of nitrogens with zero attached hydrogens (tertiary/aromatic N) is 3. The third-order valence-electron chi connectivity index (χ3n) is 5.05.